The molecular formula is C7H15NO. The van der Waals surface area contributed by atoms with Crippen LogP contribution in [-0.4, -0.2) is 17.4 Å². The fourth-order valence-corrected chi connectivity index (χ4v) is 0.542. The molecule has 0 spiro atoms. The van der Waals surface area contributed by atoms with E-state index in [4.69, 9.17) is 10.5 Å². The van der Waals surface area contributed by atoms with Crippen LogP contribution in [0.3, 0.4) is 0 Å². The Morgan fingerprint density at radius 3 is 2.44 bits per heavy atom. The first-order valence-corrected chi connectivity index (χ1v) is 3.34. The predicted octanol–water partition coefficient (Wildman–Crippen LogP) is 1.43. The Morgan fingerprint density at radius 2 is 2.11 bits per heavy atom. The molecule has 0 saturated carbocycles. The maximum absolute atomic E-state index is 8.42. The molecule has 0 heterocycles. The third kappa shape index (κ3) is 5.50. The van der Waals surface area contributed by atoms with Gasteiger partial charge < -0.3 is 10.5 Å². The second-order valence-electron chi connectivity index (χ2n) is 2.69. The molecule has 0 bridgehead atoms. The first-order chi connectivity index (χ1) is 4.16. The monoisotopic (exact) mass is 129 g/mol. The van der Waals surface area contributed by atoms with Crippen molar-refractivity contribution >= 4 is 5.71 Å². The fraction of sp³-hybridized carbons (Fsp3) is 0.857. The Bertz CT molecular complexity index is 88.9. The Labute approximate surface area is 56.4 Å². The van der Waals surface area contributed by atoms with Gasteiger partial charge in [0.15, 0.2) is 0 Å². The van der Waals surface area contributed by atoms with E-state index < -0.39 is 0 Å². The van der Waals surface area contributed by atoms with Crippen LogP contribution in [0.25, 0.3) is 0 Å². The summed E-state index contributed by atoms with van der Waals surface area (Å²) < 4.78 is 0. The molecule has 9 heavy (non-hydrogen) atoms. The Balaban J connectivity index is 3.17. The summed E-state index contributed by atoms with van der Waals surface area (Å²) in [5, 5.41) is 15.5. The lowest BCUT2D eigenvalue weighted by molar-refractivity contribution is 0.352. The van der Waals surface area contributed by atoms with Crippen LogP contribution >= 0.6 is 0 Å². The normalized spacial score (nSPS) is 10.2. The van der Waals surface area contributed by atoms with E-state index in [1.54, 1.807) is 0 Å². The van der Waals surface area contributed by atoms with Crippen molar-refractivity contribution in [1.82, 2.24) is 0 Å². The summed E-state index contributed by atoms with van der Waals surface area (Å²) in [6, 6.07) is 0. The highest BCUT2D eigenvalue weighted by atomic mass is 16.3. The molecule has 0 aromatic rings. The van der Waals surface area contributed by atoms with E-state index >= 15 is 0 Å². The van der Waals surface area contributed by atoms with E-state index in [9.17, 15) is 0 Å². The van der Waals surface area contributed by atoms with Gasteiger partial charge in [-0.25, -0.2) is 0 Å². The molecule has 0 aliphatic carbocycles. The molecule has 0 fully saturated rings. The molecular weight excluding hydrogens is 114 g/mol. The molecule has 0 rings (SSSR count). The molecule has 0 amide bonds. The van der Waals surface area contributed by atoms with Gasteiger partial charge in [0, 0.05) is 5.71 Å². The van der Waals surface area contributed by atoms with Crippen LogP contribution in [0.1, 0.15) is 26.7 Å². The number of hydrogen-bond donors (Lipinski definition) is 2. The van der Waals surface area contributed by atoms with Crippen LogP contribution in [0, 0.1) is 11.3 Å². The van der Waals surface area contributed by atoms with Gasteiger partial charge >= 0.3 is 0 Å². The van der Waals surface area contributed by atoms with Crippen molar-refractivity contribution in [3.8, 4) is 0 Å². The lowest BCUT2D eigenvalue weighted by Gasteiger charge is -2.02. The van der Waals surface area contributed by atoms with Crippen molar-refractivity contribution in [1.29, 1.82) is 5.41 Å². The number of rotatable bonds is 4. The second-order valence-corrected chi connectivity index (χ2v) is 2.69. The van der Waals surface area contributed by atoms with E-state index in [1.807, 2.05) is 0 Å². The highest BCUT2D eigenvalue weighted by Gasteiger charge is 1.96. The maximum Gasteiger partial charge on any atom is 0.0806 e. The van der Waals surface area contributed by atoms with Gasteiger partial charge in [-0.15, -0.1) is 0 Å². The fourth-order valence-electron chi connectivity index (χ4n) is 0.542. The molecule has 2 heteroatoms. The van der Waals surface area contributed by atoms with Crippen molar-refractivity contribution in [2.75, 3.05) is 6.61 Å². The van der Waals surface area contributed by atoms with E-state index in [-0.39, 0.29) is 6.61 Å². The molecule has 0 atom stereocenters. The predicted molar refractivity (Wildman–Crippen MR) is 38.9 cm³/mol. The van der Waals surface area contributed by atoms with Crippen LogP contribution in [0.4, 0.5) is 0 Å². The molecule has 54 valence electrons. The van der Waals surface area contributed by atoms with Gasteiger partial charge in [0.2, 0.25) is 0 Å². The largest absolute Gasteiger partial charge is 0.390 e. The topological polar surface area (TPSA) is 44.1 Å². The summed E-state index contributed by atoms with van der Waals surface area (Å²) in [6.45, 7) is 4.15. The Hall–Kier alpha value is -0.370. The van der Waals surface area contributed by atoms with Crippen molar-refractivity contribution < 1.29 is 5.11 Å². The second kappa shape index (κ2) is 4.50. The van der Waals surface area contributed by atoms with Crippen LogP contribution in [0.5, 0.6) is 0 Å². The van der Waals surface area contributed by atoms with Crippen molar-refractivity contribution in [2.24, 2.45) is 5.92 Å². The summed E-state index contributed by atoms with van der Waals surface area (Å²) in [6.07, 6.45) is 1.76. The number of aliphatic hydroxyl groups is 1. The SMILES string of the molecule is CC(C)CCC(=N)CO. The number of aliphatic hydroxyl groups excluding tert-OH is 1. The van der Waals surface area contributed by atoms with Gasteiger partial charge in [-0.1, -0.05) is 13.8 Å². The van der Waals surface area contributed by atoms with E-state index in [1.165, 1.54) is 0 Å². The van der Waals surface area contributed by atoms with E-state index in [0.29, 0.717) is 11.6 Å². The molecule has 0 aliphatic heterocycles. The lowest BCUT2D eigenvalue weighted by atomic mass is 10.1. The summed E-state index contributed by atoms with van der Waals surface area (Å²) in [5.74, 6) is 0.636. The zero-order valence-electron chi connectivity index (χ0n) is 6.15. The highest BCUT2D eigenvalue weighted by molar-refractivity contribution is 5.82. The number of hydrogen-bond acceptors (Lipinski definition) is 2. The zero-order chi connectivity index (χ0) is 7.28. The molecule has 0 radical (unpaired) electrons. The first-order valence-electron chi connectivity index (χ1n) is 3.34. The summed E-state index contributed by atoms with van der Waals surface area (Å²) in [7, 11) is 0. The minimum absolute atomic E-state index is 0.0767. The smallest absolute Gasteiger partial charge is 0.0806 e. The van der Waals surface area contributed by atoms with Gasteiger partial charge in [0.1, 0.15) is 0 Å². The van der Waals surface area contributed by atoms with Gasteiger partial charge in [0.25, 0.3) is 0 Å². The van der Waals surface area contributed by atoms with Crippen LogP contribution < -0.4 is 0 Å². The average Bonchev–Trinajstić information content (AvgIpc) is 1.83. The third-order valence-corrected chi connectivity index (χ3v) is 1.21. The quantitative estimate of drug-likeness (QED) is 0.554. The summed E-state index contributed by atoms with van der Waals surface area (Å²) >= 11 is 0. The first kappa shape index (κ1) is 8.63. The molecule has 2 N–H and O–H groups in total. The molecule has 0 aromatic heterocycles. The highest BCUT2D eigenvalue weighted by Crippen LogP contribution is 2.03. The van der Waals surface area contributed by atoms with Crippen LogP contribution in [0.15, 0.2) is 0 Å². The molecule has 0 aliphatic rings. The minimum atomic E-state index is -0.0767. The molecule has 2 nitrogen and oxygen atoms in total. The Morgan fingerprint density at radius 1 is 1.56 bits per heavy atom. The molecule has 0 aromatic carbocycles. The standard InChI is InChI=1S/C7H15NO/c1-6(2)3-4-7(8)5-9/h6,8-9H,3-5H2,1-2H3. The molecule has 0 saturated heterocycles. The van der Waals surface area contributed by atoms with E-state index in [0.717, 1.165) is 12.8 Å². The summed E-state index contributed by atoms with van der Waals surface area (Å²) in [5.41, 5.74) is 0.448. The number of nitrogens with one attached hydrogen (secondary N) is 1. The van der Waals surface area contributed by atoms with Crippen LogP contribution in [-0.2, 0) is 0 Å². The maximum atomic E-state index is 8.42. The zero-order valence-corrected chi connectivity index (χ0v) is 6.15. The summed E-state index contributed by atoms with van der Waals surface area (Å²) in [4.78, 5) is 0. The average molecular weight is 129 g/mol. The van der Waals surface area contributed by atoms with Gasteiger partial charge in [-0.3, -0.25) is 0 Å². The van der Waals surface area contributed by atoms with Crippen molar-refractivity contribution in [2.45, 2.75) is 26.7 Å². The van der Waals surface area contributed by atoms with E-state index in [2.05, 4.69) is 13.8 Å². The van der Waals surface area contributed by atoms with Crippen molar-refractivity contribution in [3.63, 3.8) is 0 Å². The third-order valence-electron chi connectivity index (χ3n) is 1.21. The van der Waals surface area contributed by atoms with Gasteiger partial charge in [-0.2, -0.15) is 0 Å². The van der Waals surface area contributed by atoms with Crippen molar-refractivity contribution in [3.05, 3.63) is 0 Å². The van der Waals surface area contributed by atoms with Gasteiger partial charge in [0.05, 0.1) is 6.61 Å². The Kier molecular flexibility index (Phi) is 4.32. The molecule has 0 unspecified atom stereocenters. The van der Waals surface area contributed by atoms with Crippen LogP contribution in [0.2, 0.25) is 0 Å². The van der Waals surface area contributed by atoms with Gasteiger partial charge in [-0.05, 0) is 18.8 Å². The minimum Gasteiger partial charge on any atom is -0.390 e. The lowest BCUT2D eigenvalue weighted by Crippen LogP contribution is -2.03.